The van der Waals surface area contributed by atoms with Gasteiger partial charge in [-0.2, -0.15) is 0 Å². The number of rotatable bonds is 0. The summed E-state index contributed by atoms with van der Waals surface area (Å²) in [5, 5.41) is 0.725. The number of nitrogens with zero attached hydrogens (tertiary/aromatic N) is 2. The molecule has 0 spiro atoms. The van der Waals surface area contributed by atoms with Crippen molar-refractivity contribution in [3.8, 4) is 11.8 Å². The molecule has 2 aromatic carbocycles. The number of benzene rings is 2. The predicted molar refractivity (Wildman–Crippen MR) is 94.1 cm³/mol. The van der Waals surface area contributed by atoms with Gasteiger partial charge in [-0.1, -0.05) is 5.92 Å². The van der Waals surface area contributed by atoms with E-state index >= 15 is 0 Å². The molecule has 0 fully saturated rings. The Labute approximate surface area is 149 Å². The van der Waals surface area contributed by atoms with Crippen LogP contribution in [-0.2, 0) is 0 Å². The maximum atomic E-state index is 12.8. The smallest absolute Gasteiger partial charge is 0.262 e. The lowest BCUT2D eigenvalue weighted by Crippen LogP contribution is -2.41. The van der Waals surface area contributed by atoms with Crippen LogP contribution in [0.2, 0.25) is 0 Å². The van der Waals surface area contributed by atoms with Gasteiger partial charge in [-0.05, 0) is 31.5 Å². The zero-order valence-electron chi connectivity index (χ0n) is 14.7. The molecule has 6 heteroatoms. The minimum absolute atomic E-state index is 0.265. The first kappa shape index (κ1) is 16.0. The predicted octanol–water partition coefficient (Wildman–Crippen LogP) is 1.97. The second-order valence-electron chi connectivity index (χ2n) is 6.43. The van der Waals surface area contributed by atoms with E-state index in [4.69, 9.17) is 0 Å². The Morgan fingerprint density at radius 3 is 1.85 bits per heavy atom. The highest BCUT2D eigenvalue weighted by molar-refractivity contribution is 6.34. The molecular formula is C20H14N2O4. The molecule has 0 aromatic heterocycles. The minimum atomic E-state index is -0.486. The Morgan fingerprint density at radius 2 is 1.27 bits per heavy atom. The summed E-state index contributed by atoms with van der Waals surface area (Å²) in [5.41, 5.74) is 2.18. The molecule has 0 unspecified atom stereocenters. The first-order chi connectivity index (χ1) is 12.3. The molecule has 0 N–H and O–H groups in total. The average Bonchev–Trinajstić information content (AvgIpc) is 2.61. The van der Waals surface area contributed by atoms with Crippen LogP contribution in [0.1, 0.15) is 59.5 Å². The lowest BCUT2D eigenvalue weighted by Gasteiger charge is -2.31. The summed E-state index contributed by atoms with van der Waals surface area (Å²) in [6.45, 7) is 3.35. The number of amides is 4. The number of hydrogen-bond acceptors (Lipinski definition) is 4. The van der Waals surface area contributed by atoms with Crippen LogP contribution in [0.15, 0.2) is 12.1 Å². The zero-order valence-corrected chi connectivity index (χ0v) is 14.7. The lowest BCUT2D eigenvalue weighted by molar-refractivity contribution is 0.0629. The van der Waals surface area contributed by atoms with E-state index < -0.39 is 23.6 Å². The van der Waals surface area contributed by atoms with Crippen molar-refractivity contribution in [2.45, 2.75) is 13.8 Å². The highest BCUT2D eigenvalue weighted by Crippen LogP contribution is 2.40. The maximum absolute atomic E-state index is 12.8. The molecule has 2 heterocycles. The third-order valence-corrected chi connectivity index (χ3v) is 4.97. The Kier molecular flexibility index (Phi) is 3.10. The van der Waals surface area contributed by atoms with Crippen molar-refractivity contribution in [2.24, 2.45) is 0 Å². The molecular weight excluding hydrogens is 332 g/mol. The molecule has 2 aliphatic heterocycles. The number of imide groups is 2. The summed E-state index contributed by atoms with van der Waals surface area (Å²) in [7, 11) is 2.83. The standard InChI is InChI=1S/C20H14N2O4/c1-5-6-10-8-12-15-13(19(25)21(3)18(12)24)9(2)7-11-16(15)14(10)20(26)22(4)17(11)23/h7-8H,1-4H3. The van der Waals surface area contributed by atoms with Crippen LogP contribution in [0.5, 0.6) is 0 Å². The molecule has 0 saturated carbocycles. The topological polar surface area (TPSA) is 74.8 Å². The average molecular weight is 346 g/mol. The van der Waals surface area contributed by atoms with E-state index in [2.05, 4.69) is 11.8 Å². The molecule has 128 valence electrons. The van der Waals surface area contributed by atoms with Crippen LogP contribution < -0.4 is 0 Å². The van der Waals surface area contributed by atoms with Crippen molar-refractivity contribution >= 4 is 34.4 Å². The summed E-state index contributed by atoms with van der Waals surface area (Å²) >= 11 is 0. The third kappa shape index (κ3) is 1.72. The van der Waals surface area contributed by atoms with Crippen molar-refractivity contribution < 1.29 is 19.2 Å². The van der Waals surface area contributed by atoms with Gasteiger partial charge in [0, 0.05) is 41.6 Å². The van der Waals surface area contributed by atoms with Crippen molar-refractivity contribution in [3.63, 3.8) is 0 Å². The van der Waals surface area contributed by atoms with Gasteiger partial charge in [0.2, 0.25) is 0 Å². The van der Waals surface area contributed by atoms with Crippen LogP contribution in [0.3, 0.4) is 0 Å². The molecule has 0 bridgehead atoms. The summed E-state index contributed by atoms with van der Waals surface area (Å²) in [5.74, 6) is 3.76. The van der Waals surface area contributed by atoms with E-state index in [9.17, 15) is 19.2 Å². The first-order valence-corrected chi connectivity index (χ1v) is 8.01. The van der Waals surface area contributed by atoms with Crippen LogP contribution in [0.25, 0.3) is 10.8 Å². The van der Waals surface area contributed by atoms with Gasteiger partial charge in [0.15, 0.2) is 0 Å². The van der Waals surface area contributed by atoms with Gasteiger partial charge in [0.25, 0.3) is 23.6 Å². The molecule has 0 atom stereocenters. The van der Waals surface area contributed by atoms with Gasteiger partial charge in [-0.15, -0.1) is 5.92 Å². The van der Waals surface area contributed by atoms with Gasteiger partial charge in [-0.25, -0.2) is 0 Å². The van der Waals surface area contributed by atoms with Gasteiger partial charge >= 0.3 is 0 Å². The second kappa shape index (κ2) is 5.02. The SMILES string of the molecule is CC#Cc1cc2c3c(c(C)cc4c3c1C(=O)N(C)C4=O)C(=O)N(C)C2=O. The fourth-order valence-electron chi connectivity index (χ4n) is 3.72. The van der Waals surface area contributed by atoms with Crippen molar-refractivity contribution in [3.05, 3.63) is 45.5 Å². The Balaban J connectivity index is 2.34. The maximum Gasteiger partial charge on any atom is 0.262 e. The van der Waals surface area contributed by atoms with Crippen LogP contribution >= 0.6 is 0 Å². The number of carbonyl (C=O) groups excluding carboxylic acids is 4. The summed E-state index contributed by atoms with van der Waals surface area (Å²) in [4.78, 5) is 53.0. The molecule has 4 amide bonds. The Bertz CT molecular complexity index is 1160. The van der Waals surface area contributed by atoms with E-state index in [0.717, 1.165) is 9.80 Å². The van der Waals surface area contributed by atoms with Crippen LogP contribution in [0, 0.1) is 18.8 Å². The fourth-order valence-corrected chi connectivity index (χ4v) is 3.72. The largest absolute Gasteiger partial charge is 0.277 e. The lowest BCUT2D eigenvalue weighted by atomic mass is 9.82. The summed E-state index contributed by atoms with van der Waals surface area (Å²) < 4.78 is 0. The van der Waals surface area contributed by atoms with Crippen molar-refractivity contribution in [1.82, 2.24) is 9.80 Å². The molecule has 0 saturated heterocycles. The van der Waals surface area contributed by atoms with E-state index in [-0.39, 0.29) is 11.1 Å². The van der Waals surface area contributed by atoms with Gasteiger partial charge in [0.1, 0.15) is 0 Å². The first-order valence-electron chi connectivity index (χ1n) is 8.01. The highest BCUT2D eigenvalue weighted by Gasteiger charge is 2.39. The minimum Gasteiger partial charge on any atom is -0.277 e. The monoisotopic (exact) mass is 346 g/mol. The second-order valence-corrected chi connectivity index (χ2v) is 6.43. The fraction of sp³-hybridized carbons (Fsp3) is 0.200. The Morgan fingerprint density at radius 1 is 0.769 bits per heavy atom. The normalized spacial score (nSPS) is 15.5. The van der Waals surface area contributed by atoms with E-state index in [1.165, 1.54) is 14.1 Å². The van der Waals surface area contributed by atoms with Gasteiger partial charge in [0.05, 0.1) is 11.1 Å². The summed E-state index contributed by atoms with van der Waals surface area (Å²) in [6.07, 6.45) is 0. The van der Waals surface area contributed by atoms with E-state index in [1.54, 1.807) is 26.0 Å². The van der Waals surface area contributed by atoms with E-state index in [1.807, 2.05) is 0 Å². The molecule has 2 aromatic rings. The Hall–Kier alpha value is -3.46. The van der Waals surface area contributed by atoms with Crippen molar-refractivity contribution in [2.75, 3.05) is 14.1 Å². The zero-order chi connectivity index (χ0) is 18.9. The van der Waals surface area contributed by atoms with Crippen molar-refractivity contribution in [1.29, 1.82) is 0 Å². The molecule has 6 nitrogen and oxygen atoms in total. The summed E-state index contributed by atoms with van der Waals surface area (Å²) in [6, 6.07) is 3.16. The quantitative estimate of drug-likeness (QED) is 0.540. The molecule has 0 aliphatic carbocycles. The number of hydrogen-bond donors (Lipinski definition) is 0. The number of aryl methyl sites for hydroxylation is 1. The van der Waals surface area contributed by atoms with E-state index in [0.29, 0.717) is 33.0 Å². The molecule has 2 aliphatic rings. The van der Waals surface area contributed by atoms with Gasteiger partial charge < -0.3 is 0 Å². The molecule has 4 rings (SSSR count). The third-order valence-electron chi connectivity index (χ3n) is 4.97. The highest BCUT2D eigenvalue weighted by atomic mass is 16.2. The molecule has 0 radical (unpaired) electrons. The van der Waals surface area contributed by atoms with Crippen LogP contribution in [-0.4, -0.2) is 47.5 Å². The number of carbonyl (C=O) groups is 4. The molecule has 26 heavy (non-hydrogen) atoms. The van der Waals surface area contributed by atoms with Crippen LogP contribution in [0.4, 0.5) is 0 Å². The van der Waals surface area contributed by atoms with Gasteiger partial charge in [-0.3, -0.25) is 29.0 Å².